The number of anilines is 1. The van der Waals surface area contributed by atoms with Gasteiger partial charge in [0, 0.05) is 36.3 Å². The van der Waals surface area contributed by atoms with Crippen molar-refractivity contribution >= 4 is 21.6 Å². The molecule has 0 spiro atoms. The zero-order valence-corrected chi connectivity index (χ0v) is 13.8. The maximum absolute atomic E-state index is 3.62. The summed E-state index contributed by atoms with van der Waals surface area (Å²) in [4.78, 5) is 2.39. The molecule has 1 atom stereocenters. The van der Waals surface area contributed by atoms with Crippen LogP contribution in [0.4, 0.5) is 5.69 Å². The van der Waals surface area contributed by atoms with Gasteiger partial charge in [-0.05, 0) is 42.5 Å². The average Bonchev–Trinajstić information content (AvgIpc) is 3.20. The number of nitrogens with one attached hydrogen (secondary N) is 1. The lowest BCUT2D eigenvalue weighted by molar-refractivity contribution is 0.558. The van der Waals surface area contributed by atoms with Crippen LogP contribution in [0, 0.1) is 5.92 Å². The summed E-state index contributed by atoms with van der Waals surface area (Å²) < 4.78 is 1.17. The summed E-state index contributed by atoms with van der Waals surface area (Å²) in [5.41, 5.74) is 2.75. The summed E-state index contributed by atoms with van der Waals surface area (Å²) in [6, 6.07) is 7.38. The molecule has 0 bridgehead atoms. The normalized spacial score (nSPS) is 16.4. The molecule has 2 rings (SSSR count). The molecule has 1 aliphatic carbocycles. The molecule has 0 radical (unpaired) electrons. The standard InChI is InChI=1S/C16H25BrN2/c1-4-12(2)11-19(3)16-8-5-14(17)9-13(16)10-18-15-6-7-15/h5,8-9,12,15,18H,4,6-7,10-11H2,1-3H3. The number of rotatable bonds is 7. The highest BCUT2D eigenvalue weighted by Crippen LogP contribution is 2.26. The number of hydrogen-bond donors (Lipinski definition) is 1. The highest BCUT2D eigenvalue weighted by Gasteiger charge is 2.21. The van der Waals surface area contributed by atoms with Gasteiger partial charge in [0.15, 0.2) is 0 Å². The molecule has 1 unspecified atom stereocenters. The number of hydrogen-bond acceptors (Lipinski definition) is 2. The average molecular weight is 325 g/mol. The van der Waals surface area contributed by atoms with Crippen LogP contribution in [0.3, 0.4) is 0 Å². The predicted octanol–water partition coefficient (Wildman–Crippen LogP) is 4.18. The van der Waals surface area contributed by atoms with E-state index in [1.54, 1.807) is 0 Å². The fraction of sp³-hybridized carbons (Fsp3) is 0.625. The first kappa shape index (κ1) is 14.9. The molecule has 1 aromatic rings. The Balaban J connectivity index is 2.07. The molecule has 0 aliphatic heterocycles. The number of halogens is 1. The first-order chi connectivity index (χ1) is 9.10. The molecule has 2 nitrogen and oxygen atoms in total. The zero-order chi connectivity index (χ0) is 13.8. The second kappa shape index (κ2) is 6.76. The SMILES string of the molecule is CCC(C)CN(C)c1ccc(Br)cc1CNC1CC1. The van der Waals surface area contributed by atoms with Crippen LogP contribution in [0.5, 0.6) is 0 Å². The molecule has 1 fully saturated rings. The van der Waals surface area contributed by atoms with Crippen LogP contribution in [0.15, 0.2) is 22.7 Å². The van der Waals surface area contributed by atoms with Gasteiger partial charge in [-0.2, -0.15) is 0 Å². The van der Waals surface area contributed by atoms with Gasteiger partial charge < -0.3 is 10.2 Å². The van der Waals surface area contributed by atoms with Gasteiger partial charge in [0.1, 0.15) is 0 Å². The van der Waals surface area contributed by atoms with E-state index in [1.165, 1.54) is 35.0 Å². The van der Waals surface area contributed by atoms with Crippen molar-refractivity contribution in [1.29, 1.82) is 0 Å². The first-order valence-electron chi connectivity index (χ1n) is 7.33. The molecule has 0 aromatic heterocycles. The summed E-state index contributed by atoms with van der Waals surface area (Å²) in [6.07, 6.45) is 3.91. The first-order valence-corrected chi connectivity index (χ1v) is 8.12. The highest BCUT2D eigenvalue weighted by molar-refractivity contribution is 9.10. The van der Waals surface area contributed by atoms with Crippen LogP contribution in [-0.4, -0.2) is 19.6 Å². The summed E-state index contributed by atoms with van der Waals surface area (Å²) in [5, 5.41) is 3.62. The van der Waals surface area contributed by atoms with Crippen LogP contribution in [0.2, 0.25) is 0 Å². The van der Waals surface area contributed by atoms with Crippen LogP contribution in [-0.2, 0) is 6.54 Å². The number of benzene rings is 1. The van der Waals surface area contributed by atoms with Crippen molar-refractivity contribution in [2.45, 2.75) is 45.7 Å². The van der Waals surface area contributed by atoms with E-state index in [0.29, 0.717) is 0 Å². The Morgan fingerprint density at radius 2 is 2.16 bits per heavy atom. The van der Waals surface area contributed by atoms with Crippen LogP contribution >= 0.6 is 15.9 Å². The number of nitrogens with zero attached hydrogens (tertiary/aromatic N) is 1. The Bertz CT molecular complexity index is 415. The van der Waals surface area contributed by atoms with E-state index in [-0.39, 0.29) is 0 Å². The second-order valence-corrected chi connectivity index (χ2v) is 6.74. The molecule has 106 valence electrons. The van der Waals surface area contributed by atoms with Crippen molar-refractivity contribution in [3.05, 3.63) is 28.2 Å². The van der Waals surface area contributed by atoms with Crippen molar-refractivity contribution in [2.75, 3.05) is 18.5 Å². The largest absolute Gasteiger partial charge is 0.374 e. The third kappa shape index (κ3) is 4.50. The Labute approximate surface area is 125 Å². The molecule has 3 heteroatoms. The molecule has 1 N–H and O–H groups in total. The van der Waals surface area contributed by atoms with Gasteiger partial charge in [-0.15, -0.1) is 0 Å². The quantitative estimate of drug-likeness (QED) is 0.809. The van der Waals surface area contributed by atoms with E-state index >= 15 is 0 Å². The third-order valence-electron chi connectivity index (χ3n) is 3.89. The van der Waals surface area contributed by atoms with Crippen LogP contribution in [0.25, 0.3) is 0 Å². The van der Waals surface area contributed by atoms with E-state index in [0.717, 1.165) is 25.0 Å². The van der Waals surface area contributed by atoms with Gasteiger partial charge >= 0.3 is 0 Å². The maximum atomic E-state index is 3.62. The molecule has 0 amide bonds. The highest BCUT2D eigenvalue weighted by atomic mass is 79.9. The maximum Gasteiger partial charge on any atom is 0.0410 e. The van der Waals surface area contributed by atoms with Gasteiger partial charge in [-0.1, -0.05) is 36.2 Å². The minimum absolute atomic E-state index is 0.734. The van der Waals surface area contributed by atoms with Crippen molar-refractivity contribution in [2.24, 2.45) is 5.92 Å². The van der Waals surface area contributed by atoms with E-state index in [4.69, 9.17) is 0 Å². The van der Waals surface area contributed by atoms with Crippen molar-refractivity contribution in [1.82, 2.24) is 5.32 Å². The van der Waals surface area contributed by atoms with E-state index in [1.807, 2.05) is 0 Å². The minimum Gasteiger partial charge on any atom is -0.374 e. The lowest BCUT2D eigenvalue weighted by atomic mass is 10.1. The van der Waals surface area contributed by atoms with Crippen LogP contribution < -0.4 is 10.2 Å². The van der Waals surface area contributed by atoms with E-state index in [9.17, 15) is 0 Å². The summed E-state index contributed by atoms with van der Waals surface area (Å²) in [5.74, 6) is 0.734. The molecule has 1 aromatic carbocycles. The van der Waals surface area contributed by atoms with Crippen LogP contribution in [0.1, 0.15) is 38.7 Å². The lowest BCUT2D eigenvalue weighted by Gasteiger charge is -2.25. The molecular formula is C16H25BrN2. The monoisotopic (exact) mass is 324 g/mol. The summed E-state index contributed by atoms with van der Waals surface area (Å²) in [6.45, 7) is 6.67. The molecular weight excluding hydrogens is 300 g/mol. The van der Waals surface area contributed by atoms with Crippen molar-refractivity contribution in [3.8, 4) is 0 Å². The van der Waals surface area contributed by atoms with Crippen molar-refractivity contribution < 1.29 is 0 Å². The van der Waals surface area contributed by atoms with E-state index in [2.05, 4.69) is 65.2 Å². The molecule has 1 saturated carbocycles. The fourth-order valence-electron chi connectivity index (χ4n) is 2.30. The zero-order valence-electron chi connectivity index (χ0n) is 12.2. The van der Waals surface area contributed by atoms with Gasteiger partial charge in [0.2, 0.25) is 0 Å². The van der Waals surface area contributed by atoms with Gasteiger partial charge in [-0.3, -0.25) is 0 Å². The molecule has 0 saturated heterocycles. The van der Waals surface area contributed by atoms with E-state index < -0.39 is 0 Å². The topological polar surface area (TPSA) is 15.3 Å². The smallest absolute Gasteiger partial charge is 0.0410 e. The molecule has 0 heterocycles. The Kier molecular flexibility index (Phi) is 5.28. The van der Waals surface area contributed by atoms with Gasteiger partial charge in [-0.25, -0.2) is 0 Å². The Morgan fingerprint density at radius 3 is 2.79 bits per heavy atom. The van der Waals surface area contributed by atoms with Gasteiger partial charge in [0.25, 0.3) is 0 Å². The van der Waals surface area contributed by atoms with Crippen molar-refractivity contribution in [3.63, 3.8) is 0 Å². The Hall–Kier alpha value is -0.540. The molecule has 19 heavy (non-hydrogen) atoms. The van der Waals surface area contributed by atoms with Gasteiger partial charge in [0.05, 0.1) is 0 Å². The lowest BCUT2D eigenvalue weighted by Crippen LogP contribution is -2.26. The summed E-state index contributed by atoms with van der Waals surface area (Å²) in [7, 11) is 2.20. The molecule has 1 aliphatic rings. The third-order valence-corrected chi connectivity index (χ3v) is 4.39. The Morgan fingerprint density at radius 1 is 1.42 bits per heavy atom. The predicted molar refractivity (Wildman–Crippen MR) is 86.7 cm³/mol. The fourth-order valence-corrected chi connectivity index (χ4v) is 2.71. The second-order valence-electron chi connectivity index (χ2n) is 5.82. The summed E-state index contributed by atoms with van der Waals surface area (Å²) >= 11 is 3.59. The minimum atomic E-state index is 0.734.